The van der Waals surface area contributed by atoms with Crippen LogP contribution in [0.4, 0.5) is 0 Å². The van der Waals surface area contributed by atoms with Crippen LogP contribution in [0, 0.1) is 5.92 Å². The largest absolute Gasteiger partial charge is 0.330 e. The number of hydrogen-bond donors (Lipinski definition) is 1. The fraction of sp³-hybridized carbons (Fsp3) is 0.583. The predicted molar refractivity (Wildman–Crippen MR) is 71.3 cm³/mol. The highest BCUT2D eigenvalue weighted by Crippen LogP contribution is 2.26. The second kappa shape index (κ2) is 5.53. The summed E-state index contributed by atoms with van der Waals surface area (Å²) >= 11 is 11.9. The molecule has 2 heterocycles. The number of halogens is 2. The zero-order valence-electron chi connectivity index (χ0n) is 9.87. The van der Waals surface area contributed by atoms with E-state index in [1.54, 1.807) is 12.3 Å². The minimum absolute atomic E-state index is 0.438. The molecule has 17 heavy (non-hydrogen) atoms. The molecule has 0 spiro atoms. The molecule has 1 saturated heterocycles. The molecule has 0 amide bonds. The topological polar surface area (TPSA) is 42.1 Å². The number of nitrogens with zero attached hydrogens (tertiary/aromatic N) is 2. The maximum absolute atomic E-state index is 6.15. The molecular weight excluding hydrogens is 257 g/mol. The number of rotatable bonds is 3. The van der Waals surface area contributed by atoms with Crippen molar-refractivity contribution >= 4 is 23.2 Å². The van der Waals surface area contributed by atoms with Gasteiger partial charge in [-0.1, -0.05) is 23.2 Å². The highest BCUT2D eigenvalue weighted by Gasteiger charge is 2.28. The molecule has 0 bridgehead atoms. The first-order valence-corrected chi connectivity index (χ1v) is 6.59. The third-order valence-electron chi connectivity index (χ3n) is 3.39. The van der Waals surface area contributed by atoms with Gasteiger partial charge in [-0.05, 0) is 31.9 Å². The Labute approximate surface area is 112 Å². The van der Waals surface area contributed by atoms with Gasteiger partial charge in [-0.2, -0.15) is 0 Å². The summed E-state index contributed by atoms with van der Waals surface area (Å²) in [6, 6.07) is 2.25. The Morgan fingerprint density at radius 2 is 2.29 bits per heavy atom. The SMILES string of the molecule is CC1CC(CN)CN1Cc1cnc(Cl)cc1Cl. The molecule has 3 nitrogen and oxygen atoms in total. The zero-order valence-corrected chi connectivity index (χ0v) is 11.4. The average molecular weight is 274 g/mol. The summed E-state index contributed by atoms with van der Waals surface area (Å²) in [5.74, 6) is 0.601. The lowest BCUT2D eigenvalue weighted by Gasteiger charge is -2.21. The van der Waals surface area contributed by atoms with Gasteiger partial charge in [0.05, 0.1) is 0 Å². The van der Waals surface area contributed by atoms with E-state index in [1.807, 2.05) is 0 Å². The second-order valence-corrected chi connectivity index (χ2v) is 5.51. The van der Waals surface area contributed by atoms with Gasteiger partial charge in [0, 0.05) is 35.9 Å². The summed E-state index contributed by atoms with van der Waals surface area (Å²) in [5.41, 5.74) is 6.75. The van der Waals surface area contributed by atoms with Gasteiger partial charge < -0.3 is 5.73 Å². The van der Waals surface area contributed by atoms with Crippen molar-refractivity contribution in [1.29, 1.82) is 0 Å². The van der Waals surface area contributed by atoms with Crippen molar-refractivity contribution in [1.82, 2.24) is 9.88 Å². The molecule has 0 aromatic carbocycles. The molecule has 1 aromatic rings. The van der Waals surface area contributed by atoms with Crippen molar-refractivity contribution in [2.45, 2.75) is 25.9 Å². The summed E-state index contributed by atoms with van der Waals surface area (Å²) in [7, 11) is 0. The summed E-state index contributed by atoms with van der Waals surface area (Å²) in [5, 5.41) is 1.13. The van der Waals surface area contributed by atoms with Gasteiger partial charge in [0.1, 0.15) is 5.15 Å². The molecule has 1 fully saturated rings. The van der Waals surface area contributed by atoms with E-state index in [0.717, 1.165) is 31.6 Å². The van der Waals surface area contributed by atoms with Crippen molar-refractivity contribution in [3.63, 3.8) is 0 Å². The molecular formula is C12H17Cl2N3. The maximum Gasteiger partial charge on any atom is 0.130 e. The van der Waals surface area contributed by atoms with Gasteiger partial charge in [-0.25, -0.2) is 4.98 Å². The standard InChI is InChI=1S/C12H17Cl2N3/c1-8-2-9(4-15)6-17(8)7-10-5-16-12(14)3-11(10)13/h3,5,8-9H,2,4,6-7,15H2,1H3. The molecule has 5 heteroatoms. The summed E-state index contributed by atoms with van der Waals surface area (Å²) in [6.07, 6.45) is 2.92. The first-order chi connectivity index (χ1) is 8.10. The lowest BCUT2D eigenvalue weighted by Crippen LogP contribution is -2.27. The van der Waals surface area contributed by atoms with E-state index >= 15 is 0 Å². The normalized spacial score (nSPS) is 25.4. The number of nitrogens with two attached hydrogens (primary N) is 1. The number of likely N-dealkylation sites (tertiary alicyclic amines) is 1. The van der Waals surface area contributed by atoms with E-state index in [0.29, 0.717) is 22.1 Å². The van der Waals surface area contributed by atoms with Gasteiger partial charge >= 0.3 is 0 Å². The minimum Gasteiger partial charge on any atom is -0.330 e. The Morgan fingerprint density at radius 3 is 2.88 bits per heavy atom. The van der Waals surface area contributed by atoms with E-state index in [9.17, 15) is 0 Å². The van der Waals surface area contributed by atoms with Crippen LogP contribution >= 0.6 is 23.2 Å². The molecule has 2 rings (SSSR count). The molecule has 0 radical (unpaired) electrons. The van der Waals surface area contributed by atoms with Crippen LogP contribution in [0.5, 0.6) is 0 Å². The molecule has 0 aliphatic carbocycles. The molecule has 2 N–H and O–H groups in total. The van der Waals surface area contributed by atoms with Crippen LogP contribution < -0.4 is 5.73 Å². The third kappa shape index (κ3) is 3.10. The summed E-state index contributed by atoms with van der Waals surface area (Å²) in [6.45, 7) is 4.84. The molecule has 94 valence electrons. The molecule has 2 atom stereocenters. The predicted octanol–water partition coefficient (Wildman–Crippen LogP) is 2.56. The van der Waals surface area contributed by atoms with Crippen LogP contribution in [0.2, 0.25) is 10.2 Å². The number of pyridine rings is 1. The zero-order chi connectivity index (χ0) is 12.4. The minimum atomic E-state index is 0.438. The van der Waals surface area contributed by atoms with Crippen molar-refractivity contribution in [3.05, 3.63) is 28.0 Å². The van der Waals surface area contributed by atoms with Gasteiger partial charge in [-0.3, -0.25) is 4.90 Å². The Balaban J connectivity index is 2.06. The lowest BCUT2D eigenvalue weighted by molar-refractivity contribution is 0.255. The van der Waals surface area contributed by atoms with Gasteiger partial charge in [0.25, 0.3) is 0 Å². The van der Waals surface area contributed by atoms with E-state index in [-0.39, 0.29) is 0 Å². The van der Waals surface area contributed by atoms with Crippen molar-refractivity contribution in [3.8, 4) is 0 Å². The first kappa shape index (κ1) is 13.1. The van der Waals surface area contributed by atoms with Crippen molar-refractivity contribution in [2.24, 2.45) is 11.7 Å². The molecule has 1 aromatic heterocycles. The maximum atomic E-state index is 6.15. The fourth-order valence-corrected chi connectivity index (χ4v) is 2.81. The van der Waals surface area contributed by atoms with Crippen LogP contribution in [-0.2, 0) is 6.54 Å². The Morgan fingerprint density at radius 1 is 1.53 bits per heavy atom. The molecule has 2 unspecified atom stereocenters. The Bertz CT molecular complexity index is 397. The second-order valence-electron chi connectivity index (χ2n) is 4.71. The van der Waals surface area contributed by atoms with Crippen LogP contribution in [0.25, 0.3) is 0 Å². The van der Waals surface area contributed by atoms with Crippen molar-refractivity contribution < 1.29 is 0 Å². The molecule has 1 aliphatic heterocycles. The third-order valence-corrected chi connectivity index (χ3v) is 3.95. The first-order valence-electron chi connectivity index (χ1n) is 5.84. The number of hydrogen-bond acceptors (Lipinski definition) is 3. The average Bonchev–Trinajstić information content (AvgIpc) is 2.64. The smallest absolute Gasteiger partial charge is 0.130 e. The summed E-state index contributed by atoms with van der Waals surface area (Å²) in [4.78, 5) is 6.47. The Kier molecular flexibility index (Phi) is 4.26. The van der Waals surface area contributed by atoms with E-state index in [4.69, 9.17) is 28.9 Å². The highest BCUT2D eigenvalue weighted by molar-refractivity contribution is 6.34. The van der Waals surface area contributed by atoms with Crippen LogP contribution in [0.1, 0.15) is 18.9 Å². The highest BCUT2D eigenvalue weighted by atomic mass is 35.5. The lowest BCUT2D eigenvalue weighted by atomic mass is 10.1. The monoisotopic (exact) mass is 273 g/mol. The van der Waals surface area contributed by atoms with Crippen molar-refractivity contribution in [2.75, 3.05) is 13.1 Å². The van der Waals surface area contributed by atoms with Crippen LogP contribution in [-0.4, -0.2) is 29.0 Å². The van der Waals surface area contributed by atoms with Crippen LogP contribution in [0.3, 0.4) is 0 Å². The van der Waals surface area contributed by atoms with E-state index in [2.05, 4.69) is 16.8 Å². The van der Waals surface area contributed by atoms with Gasteiger partial charge in [-0.15, -0.1) is 0 Å². The fourth-order valence-electron chi connectivity index (χ4n) is 2.38. The van der Waals surface area contributed by atoms with Gasteiger partial charge in [0.2, 0.25) is 0 Å². The molecule has 0 saturated carbocycles. The van der Waals surface area contributed by atoms with E-state index in [1.165, 1.54) is 0 Å². The summed E-state index contributed by atoms with van der Waals surface area (Å²) < 4.78 is 0. The quantitative estimate of drug-likeness (QED) is 0.861. The van der Waals surface area contributed by atoms with Gasteiger partial charge in [0.15, 0.2) is 0 Å². The van der Waals surface area contributed by atoms with Crippen LogP contribution in [0.15, 0.2) is 12.3 Å². The van der Waals surface area contributed by atoms with E-state index < -0.39 is 0 Å². The number of aromatic nitrogens is 1. The molecule has 1 aliphatic rings. The Hall–Kier alpha value is -0.350.